The number of thioether (sulfide) groups is 1. The Labute approximate surface area is 121 Å². The van der Waals surface area contributed by atoms with Crippen LogP contribution in [0.5, 0.6) is 5.75 Å². The second kappa shape index (κ2) is 6.00. The highest BCUT2D eigenvalue weighted by Crippen LogP contribution is 2.30. The Kier molecular flexibility index (Phi) is 4.34. The van der Waals surface area contributed by atoms with Gasteiger partial charge >= 0.3 is 0 Å². The summed E-state index contributed by atoms with van der Waals surface area (Å²) in [6, 6.07) is 5.30. The number of aromatic hydroxyl groups is 1. The van der Waals surface area contributed by atoms with Crippen LogP contribution in [0.2, 0.25) is 0 Å². The zero-order valence-electron chi connectivity index (χ0n) is 11.3. The third-order valence-corrected chi connectivity index (χ3v) is 3.88. The molecule has 2 amide bonds. The van der Waals surface area contributed by atoms with Gasteiger partial charge in [-0.2, -0.15) is 0 Å². The van der Waals surface area contributed by atoms with Crippen molar-refractivity contribution in [2.24, 2.45) is 0 Å². The molecule has 6 heteroatoms. The second-order valence-electron chi connectivity index (χ2n) is 4.27. The molecular weight excluding hydrogens is 276 g/mol. The van der Waals surface area contributed by atoms with Crippen LogP contribution in [0.4, 0.5) is 10.5 Å². The Hall–Kier alpha value is -1.95. The van der Waals surface area contributed by atoms with E-state index in [1.807, 2.05) is 19.9 Å². The molecule has 0 saturated carbocycles. The lowest BCUT2D eigenvalue weighted by Gasteiger charge is -2.21. The Morgan fingerprint density at radius 3 is 2.50 bits per heavy atom. The van der Waals surface area contributed by atoms with Gasteiger partial charge in [0.2, 0.25) is 0 Å². The predicted octanol–water partition coefficient (Wildman–Crippen LogP) is 2.56. The van der Waals surface area contributed by atoms with Crippen LogP contribution in [0.25, 0.3) is 6.08 Å². The van der Waals surface area contributed by atoms with Crippen molar-refractivity contribution in [2.75, 3.05) is 18.0 Å². The van der Waals surface area contributed by atoms with Crippen molar-refractivity contribution in [3.8, 4) is 5.75 Å². The number of carbonyl (C=O) groups excluding carboxylic acids is 2. The lowest BCUT2D eigenvalue weighted by atomic mass is 10.1. The number of hydrogen-bond acceptors (Lipinski definition) is 5. The van der Waals surface area contributed by atoms with Crippen LogP contribution < -0.4 is 10.2 Å². The molecule has 1 heterocycles. The molecule has 0 unspecified atom stereocenters. The van der Waals surface area contributed by atoms with E-state index in [0.29, 0.717) is 10.5 Å². The van der Waals surface area contributed by atoms with Crippen molar-refractivity contribution >= 4 is 34.7 Å². The van der Waals surface area contributed by atoms with Gasteiger partial charge in [0.05, 0.1) is 4.91 Å². The number of nitrogens with zero attached hydrogens (tertiary/aromatic N) is 1. The first-order valence-corrected chi connectivity index (χ1v) is 7.19. The molecule has 0 aromatic heterocycles. The molecule has 1 aliphatic rings. The molecule has 0 spiro atoms. The van der Waals surface area contributed by atoms with Gasteiger partial charge in [0, 0.05) is 30.4 Å². The number of rotatable bonds is 4. The van der Waals surface area contributed by atoms with E-state index in [1.165, 1.54) is 6.08 Å². The van der Waals surface area contributed by atoms with E-state index in [-0.39, 0.29) is 11.0 Å². The molecule has 20 heavy (non-hydrogen) atoms. The van der Waals surface area contributed by atoms with Crippen LogP contribution in [0, 0.1) is 0 Å². The minimum absolute atomic E-state index is 0.0923. The fraction of sp³-hybridized carbons (Fsp3) is 0.286. The summed E-state index contributed by atoms with van der Waals surface area (Å²) in [6.07, 6.45) is 1.52. The molecule has 1 aromatic rings. The Morgan fingerprint density at radius 1 is 1.30 bits per heavy atom. The first-order valence-electron chi connectivity index (χ1n) is 6.38. The molecule has 1 aliphatic heterocycles. The van der Waals surface area contributed by atoms with Crippen LogP contribution in [0.3, 0.4) is 0 Å². The van der Waals surface area contributed by atoms with Crippen LogP contribution in [-0.4, -0.2) is 29.3 Å². The number of hydrogen-bond donors (Lipinski definition) is 2. The summed E-state index contributed by atoms with van der Waals surface area (Å²) in [7, 11) is 0. The zero-order valence-corrected chi connectivity index (χ0v) is 12.2. The monoisotopic (exact) mass is 292 g/mol. The average Bonchev–Trinajstić information content (AvgIpc) is 2.72. The standard InChI is InChI=1S/C14H16N2O3S/c1-3-16(4-2)10-6-5-9(11(17)8-10)7-12-13(18)15-14(19)20-12/h5-8,17H,3-4H2,1-2H3,(H,15,18,19). The second-order valence-corrected chi connectivity index (χ2v) is 5.28. The van der Waals surface area contributed by atoms with E-state index < -0.39 is 5.91 Å². The SMILES string of the molecule is CCN(CC)c1ccc(C=C2SC(=O)NC2=O)c(O)c1. The third kappa shape index (κ3) is 2.96. The van der Waals surface area contributed by atoms with E-state index in [9.17, 15) is 14.7 Å². The van der Waals surface area contributed by atoms with Crippen LogP contribution in [0.1, 0.15) is 19.4 Å². The topological polar surface area (TPSA) is 69.6 Å². The van der Waals surface area contributed by atoms with Crippen molar-refractivity contribution in [2.45, 2.75) is 13.8 Å². The molecule has 1 fully saturated rings. The van der Waals surface area contributed by atoms with Crippen LogP contribution in [0.15, 0.2) is 23.1 Å². The zero-order chi connectivity index (χ0) is 14.7. The van der Waals surface area contributed by atoms with E-state index >= 15 is 0 Å². The molecule has 0 atom stereocenters. The van der Waals surface area contributed by atoms with Crippen LogP contribution >= 0.6 is 11.8 Å². The smallest absolute Gasteiger partial charge is 0.290 e. The summed E-state index contributed by atoms with van der Waals surface area (Å²) >= 11 is 0.837. The van der Waals surface area contributed by atoms with Gasteiger partial charge in [-0.25, -0.2) is 0 Å². The largest absolute Gasteiger partial charge is 0.507 e. The van der Waals surface area contributed by atoms with Crippen molar-refractivity contribution < 1.29 is 14.7 Å². The molecule has 0 bridgehead atoms. The van der Waals surface area contributed by atoms with E-state index in [1.54, 1.807) is 12.1 Å². The van der Waals surface area contributed by atoms with Gasteiger partial charge in [0.15, 0.2) is 0 Å². The maximum atomic E-state index is 11.5. The van der Waals surface area contributed by atoms with Gasteiger partial charge in [-0.15, -0.1) is 0 Å². The van der Waals surface area contributed by atoms with Gasteiger partial charge in [-0.05, 0) is 43.8 Å². The van der Waals surface area contributed by atoms with Crippen LogP contribution in [-0.2, 0) is 4.79 Å². The predicted molar refractivity (Wildman–Crippen MR) is 80.8 cm³/mol. The average molecular weight is 292 g/mol. The van der Waals surface area contributed by atoms with Gasteiger partial charge in [0.1, 0.15) is 5.75 Å². The number of benzene rings is 1. The molecule has 2 N–H and O–H groups in total. The fourth-order valence-electron chi connectivity index (χ4n) is 2.00. The quantitative estimate of drug-likeness (QED) is 0.835. The highest BCUT2D eigenvalue weighted by Gasteiger charge is 2.25. The van der Waals surface area contributed by atoms with E-state index in [4.69, 9.17) is 0 Å². The lowest BCUT2D eigenvalue weighted by Crippen LogP contribution is -2.21. The minimum Gasteiger partial charge on any atom is -0.507 e. The Balaban J connectivity index is 2.29. The number of phenols is 1. The third-order valence-electron chi connectivity index (χ3n) is 3.07. The molecule has 2 rings (SSSR count). The Morgan fingerprint density at radius 2 is 2.00 bits per heavy atom. The maximum Gasteiger partial charge on any atom is 0.290 e. The van der Waals surface area contributed by atoms with Crippen molar-refractivity contribution in [1.29, 1.82) is 0 Å². The molecule has 5 nitrogen and oxygen atoms in total. The highest BCUT2D eigenvalue weighted by molar-refractivity contribution is 8.18. The lowest BCUT2D eigenvalue weighted by molar-refractivity contribution is -0.115. The number of carbonyl (C=O) groups is 2. The number of phenolic OH excluding ortho intramolecular Hbond substituents is 1. The summed E-state index contributed by atoms with van der Waals surface area (Å²) in [5.41, 5.74) is 1.45. The number of nitrogens with one attached hydrogen (secondary N) is 1. The van der Waals surface area contributed by atoms with Gasteiger partial charge in [-0.1, -0.05) is 0 Å². The highest BCUT2D eigenvalue weighted by atomic mass is 32.2. The fourth-order valence-corrected chi connectivity index (χ4v) is 2.67. The molecule has 0 radical (unpaired) electrons. The molecule has 0 aliphatic carbocycles. The minimum atomic E-state index is -0.424. The molecule has 1 saturated heterocycles. The number of amides is 2. The summed E-state index contributed by atoms with van der Waals surface area (Å²) in [5.74, 6) is -0.332. The van der Waals surface area contributed by atoms with E-state index in [0.717, 1.165) is 30.5 Å². The van der Waals surface area contributed by atoms with Gasteiger partial charge in [-0.3, -0.25) is 14.9 Å². The van der Waals surface area contributed by atoms with Crippen molar-refractivity contribution in [3.63, 3.8) is 0 Å². The number of imide groups is 1. The van der Waals surface area contributed by atoms with E-state index in [2.05, 4.69) is 10.2 Å². The first kappa shape index (κ1) is 14.5. The summed E-state index contributed by atoms with van der Waals surface area (Å²) in [5, 5.41) is 11.8. The van der Waals surface area contributed by atoms with Gasteiger partial charge in [0.25, 0.3) is 11.1 Å². The normalized spacial score (nSPS) is 16.6. The Bertz CT molecular complexity index is 580. The molecule has 106 valence electrons. The summed E-state index contributed by atoms with van der Waals surface area (Å²) in [4.78, 5) is 24.9. The molecular formula is C14H16N2O3S. The maximum absolute atomic E-state index is 11.5. The van der Waals surface area contributed by atoms with Crippen molar-refractivity contribution in [1.82, 2.24) is 5.32 Å². The number of anilines is 1. The summed E-state index contributed by atoms with van der Waals surface area (Å²) in [6.45, 7) is 5.79. The van der Waals surface area contributed by atoms with Crippen molar-refractivity contribution in [3.05, 3.63) is 28.7 Å². The summed E-state index contributed by atoms with van der Waals surface area (Å²) < 4.78 is 0. The first-order chi connectivity index (χ1) is 9.55. The van der Waals surface area contributed by atoms with Gasteiger partial charge < -0.3 is 10.0 Å². The molecule has 1 aromatic carbocycles.